The zero-order valence-electron chi connectivity index (χ0n) is 22.2. The van der Waals surface area contributed by atoms with Crippen LogP contribution in [0.3, 0.4) is 0 Å². The molecule has 2 aliphatic rings. The van der Waals surface area contributed by atoms with Gasteiger partial charge in [0.25, 0.3) is 5.69 Å². The normalized spacial score (nSPS) is 18.1. The van der Waals surface area contributed by atoms with Crippen LogP contribution in [0.25, 0.3) is 0 Å². The number of anilines is 2. The first-order chi connectivity index (χ1) is 18.8. The van der Waals surface area contributed by atoms with Gasteiger partial charge in [0.15, 0.2) is 0 Å². The SMILES string of the molecule is CC(=O)Nc1ccc(C2=NNC(=O)CC2C)cc1Cl.CC(=O)Nc1ccc(C2=NNC(=O)CC2C)cc1[N+](=O)[O-]. The number of hydrogen-bond donors (Lipinski definition) is 4. The number of benzene rings is 2. The number of carbonyl (C=O) groups excluding carboxylic acids is 4. The number of nitrogens with one attached hydrogen (secondary N) is 4. The van der Waals surface area contributed by atoms with Crippen molar-refractivity contribution in [2.24, 2.45) is 22.0 Å². The van der Waals surface area contributed by atoms with Crippen LogP contribution in [0.4, 0.5) is 17.1 Å². The molecular weight excluding hydrogens is 542 g/mol. The summed E-state index contributed by atoms with van der Waals surface area (Å²) >= 11 is 6.11. The van der Waals surface area contributed by atoms with Crippen molar-refractivity contribution in [1.29, 1.82) is 0 Å². The molecule has 2 aromatic rings. The van der Waals surface area contributed by atoms with E-state index in [4.69, 9.17) is 11.6 Å². The van der Waals surface area contributed by atoms with Crippen molar-refractivity contribution in [2.75, 3.05) is 10.6 Å². The van der Waals surface area contributed by atoms with Crippen LogP contribution in [0.2, 0.25) is 5.02 Å². The van der Waals surface area contributed by atoms with E-state index in [-0.39, 0.29) is 53.3 Å². The van der Waals surface area contributed by atoms with Gasteiger partial charge >= 0.3 is 0 Å². The maximum absolute atomic E-state index is 11.2. The van der Waals surface area contributed by atoms with Crippen molar-refractivity contribution in [3.63, 3.8) is 0 Å². The molecule has 0 aliphatic carbocycles. The molecule has 210 valence electrons. The Labute approximate surface area is 234 Å². The number of hydrazone groups is 2. The summed E-state index contributed by atoms with van der Waals surface area (Å²) in [7, 11) is 0. The van der Waals surface area contributed by atoms with E-state index in [1.807, 2.05) is 19.9 Å². The van der Waals surface area contributed by atoms with Crippen LogP contribution in [0, 0.1) is 22.0 Å². The van der Waals surface area contributed by atoms with E-state index in [2.05, 4.69) is 31.7 Å². The first-order valence-electron chi connectivity index (χ1n) is 12.2. The van der Waals surface area contributed by atoms with Gasteiger partial charge in [0.1, 0.15) is 5.69 Å². The number of halogens is 1. The highest BCUT2D eigenvalue weighted by atomic mass is 35.5. The van der Waals surface area contributed by atoms with E-state index in [9.17, 15) is 29.3 Å². The quantitative estimate of drug-likeness (QED) is 0.315. The minimum absolute atomic E-state index is 0.0384. The molecule has 0 saturated carbocycles. The van der Waals surface area contributed by atoms with Gasteiger partial charge < -0.3 is 10.6 Å². The second-order valence-electron chi connectivity index (χ2n) is 9.32. The van der Waals surface area contributed by atoms with Crippen LogP contribution in [-0.4, -0.2) is 40.0 Å². The number of carbonyl (C=O) groups is 4. The van der Waals surface area contributed by atoms with Gasteiger partial charge in [-0.3, -0.25) is 29.3 Å². The molecule has 2 atom stereocenters. The summed E-state index contributed by atoms with van der Waals surface area (Å²) in [5.41, 5.74) is 8.05. The molecule has 2 aromatic carbocycles. The average molecular weight is 570 g/mol. The Balaban J connectivity index is 0.000000222. The summed E-state index contributed by atoms with van der Waals surface area (Å²) in [6.45, 7) is 6.46. The fourth-order valence-electron chi connectivity index (χ4n) is 4.11. The van der Waals surface area contributed by atoms with E-state index >= 15 is 0 Å². The summed E-state index contributed by atoms with van der Waals surface area (Å²) in [5, 5.41) is 24.6. The maximum Gasteiger partial charge on any atom is 0.293 e. The predicted octanol–water partition coefficient (Wildman–Crippen LogP) is 3.57. The van der Waals surface area contributed by atoms with Gasteiger partial charge in [0.05, 0.1) is 27.1 Å². The van der Waals surface area contributed by atoms with Crippen LogP contribution < -0.4 is 21.5 Å². The van der Waals surface area contributed by atoms with Crippen molar-refractivity contribution in [2.45, 2.75) is 40.5 Å². The third kappa shape index (κ3) is 7.69. The molecule has 0 aromatic heterocycles. The molecule has 13 nitrogen and oxygen atoms in total. The minimum atomic E-state index is -0.568. The first kappa shape index (κ1) is 29.9. The Morgan fingerprint density at radius 2 is 1.32 bits per heavy atom. The lowest BCUT2D eigenvalue weighted by atomic mass is 9.93. The van der Waals surface area contributed by atoms with E-state index in [1.165, 1.54) is 26.0 Å². The molecule has 4 rings (SSSR count). The molecule has 4 amide bonds. The Kier molecular flexibility index (Phi) is 9.67. The molecule has 2 aliphatic heterocycles. The van der Waals surface area contributed by atoms with Crippen LogP contribution in [0.15, 0.2) is 46.6 Å². The largest absolute Gasteiger partial charge is 0.325 e. The number of nitro benzene ring substituents is 1. The number of nitro groups is 1. The van der Waals surface area contributed by atoms with Crippen LogP contribution in [0.5, 0.6) is 0 Å². The molecule has 0 bridgehead atoms. The third-order valence-corrected chi connectivity index (χ3v) is 6.21. The van der Waals surface area contributed by atoms with Gasteiger partial charge in [-0.2, -0.15) is 10.2 Å². The fourth-order valence-corrected chi connectivity index (χ4v) is 4.34. The number of amides is 4. The van der Waals surface area contributed by atoms with Gasteiger partial charge in [-0.1, -0.05) is 37.6 Å². The second-order valence-corrected chi connectivity index (χ2v) is 9.73. The zero-order valence-corrected chi connectivity index (χ0v) is 23.0. The Morgan fingerprint density at radius 3 is 1.75 bits per heavy atom. The highest BCUT2D eigenvalue weighted by Crippen LogP contribution is 2.28. The van der Waals surface area contributed by atoms with Crippen LogP contribution in [-0.2, 0) is 19.2 Å². The lowest BCUT2D eigenvalue weighted by molar-refractivity contribution is -0.383. The van der Waals surface area contributed by atoms with E-state index in [1.54, 1.807) is 18.2 Å². The van der Waals surface area contributed by atoms with Crippen molar-refractivity contribution < 1.29 is 24.1 Å². The van der Waals surface area contributed by atoms with Gasteiger partial charge in [0, 0.05) is 50.2 Å². The minimum Gasteiger partial charge on any atom is -0.325 e. The lowest BCUT2D eigenvalue weighted by Gasteiger charge is -2.19. The standard InChI is InChI=1S/C13H14ClN3O2.C13H14N4O4/c1-7-5-12(19)16-17-13(7)9-3-4-11(10(14)6-9)15-8(2)18;1-7-5-12(19)15-16-13(7)9-3-4-10(14-8(2)18)11(6-9)17(20)21/h3-4,6-7H,5H2,1-2H3,(H,15,18)(H,16,19);3-4,6-7H,5H2,1-2H3,(H,14,18)(H,15,19). The molecule has 0 spiro atoms. The molecule has 2 heterocycles. The molecule has 14 heteroatoms. The maximum atomic E-state index is 11.2. The van der Waals surface area contributed by atoms with Crippen LogP contribution in [0.1, 0.15) is 51.7 Å². The van der Waals surface area contributed by atoms with E-state index in [0.29, 0.717) is 28.4 Å². The number of nitrogens with zero attached hydrogens (tertiary/aromatic N) is 3. The van der Waals surface area contributed by atoms with Gasteiger partial charge in [0.2, 0.25) is 23.6 Å². The average Bonchev–Trinajstić information content (AvgIpc) is 2.85. The summed E-state index contributed by atoms with van der Waals surface area (Å²) in [4.78, 5) is 55.0. The molecule has 0 fully saturated rings. The topological polar surface area (TPSA) is 184 Å². The Bertz CT molecular complexity index is 1440. The molecule has 40 heavy (non-hydrogen) atoms. The predicted molar refractivity (Wildman–Crippen MR) is 150 cm³/mol. The van der Waals surface area contributed by atoms with Crippen molar-refractivity contribution in [3.05, 3.63) is 62.7 Å². The fraction of sp³-hybridized carbons (Fsp3) is 0.308. The van der Waals surface area contributed by atoms with Crippen molar-refractivity contribution in [3.8, 4) is 0 Å². The van der Waals surface area contributed by atoms with E-state index in [0.717, 1.165) is 11.3 Å². The summed E-state index contributed by atoms with van der Waals surface area (Å²) < 4.78 is 0. The third-order valence-electron chi connectivity index (χ3n) is 5.90. The molecular formula is C26H28ClN7O6. The highest BCUT2D eigenvalue weighted by molar-refractivity contribution is 6.34. The van der Waals surface area contributed by atoms with Gasteiger partial charge in [-0.15, -0.1) is 0 Å². The highest BCUT2D eigenvalue weighted by Gasteiger charge is 2.25. The smallest absolute Gasteiger partial charge is 0.293 e. The zero-order chi connectivity index (χ0) is 29.6. The molecule has 4 N–H and O–H groups in total. The summed E-state index contributed by atoms with van der Waals surface area (Å²) in [5.74, 6) is -0.930. The monoisotopic (exact) mass is 569 g/mol. The van der Waals surface area contributed by atoms with Crippen LogP contribution >= 0.6 is 11.6 Å². The van der Waals surface area contributed by atoms with Gasteiger partial charge in [-0.05, 0) is 23.8 Å². The molecule has 2 unspecified atom stereocenters. The summed E-state index contributed by atoms with van der Waals surface area (Å²) in [6.07, 6.45) is 0.685. The van der Waals surface area contributed by atoms with Crippen molar-refractivity contribution in [1.82, 2.24) is 10.9 Å². The lowest BCUT2D eigenvalue weighted by Crippen LogP contribution is -2.32. The molecule has 0 radical (unpaired) electrons. The van der Waals surface area contributed by atoms with E-state index < -0.39 is 4.92 Å². The Morgan fingerprint density at radius 1 is 0.875 bits per heavy atom. The van der Waals surface area contributed by atoms with Crippen molar-refractivity contribution >= 4 is 63.7 Å². The number of hydrogen-bond acceptors (Lipinski definition) is 8. The van der Waals surface area contributed by atoms with Gasteiger partial charge in [-0.25, -0.2) is 10.9 Å². The Hall–Kier alpha value is -4.65. The first-order valence-corrected chi connectivity index (χ1v) is 12.6. The summed E-state index contributed by atoms with van der Waals surface area (Å²) in [6, 6.07) is 9.72. The number of rotatable bonds is 5. The second kappa shape index (κ2) is 12.9. The molecule has 0 saturated heterocycles.